The van der Waals surface area contributed by atoms with E-state index < -0.39 is 11.6 Å². The van der Waals surface area contributed by atoms with Gasteiger partial charge in [0, 0.05) is 17.9 Å². The SMILES string of the molecule is O=C(CSc1ccc(F)c(F)c1)Nc1ccccc1N1CCCC1=O. The molecular formula is C18H16F2N2O2S. The molecule has 0 aliphatic carbocycles. The Morgan fingerprint density at radius 2 is 1.96 bits per heavy atom. The molecule has 2 aromatic rings. The van der Waals surface area contributed by atoms with Gasteiger partial charge in [0.05, 0.1) is 17.1 Å². The second kappa shape index (κ2) is 7.65. The highest BCUT2D eigenvalue weighted by Gasteiger charge is 2.24. The number of hydrogen-bond donors (Lipinski definition) is 1. The summed E-state index contributed by atoms with van der Waals surface area (Å²) >= 11 is 1.11. The topological polar surface area (TPSA) is 49.4 Å². The van der Waals surface area contributed by atoms with Crippen LogP contribution in [0.15, 0.2) is 47.4 Å². The average Bonchev–Trinajstić information content (AvgIpc) is 3.02. The minimum Gasteiger partial charge on any atom is -0.324 e. The van der Waals surface area contributed by atoms with Gasteiger partial charge in [0.15, 0.2) is 11.6 Å². The highest BCUT2D eigenvalue weighted by Crippen LogP contribution is 2.29. The van der Waals surface area contributed by atoms with E-state index in [1.165, 1.54) is 6.07 Å². The average molecular weight is 362 g/mol. The van der Waals surface area contributed by atoms with Crippen molar-refractivity contribution in [1.82, 2.24) is 0 Å². The minimum atomic E-state index is -0.941. The largest absolute Gasteiger partial charge is 0.324 e. The van der Waals surface area contributed by atoms with Gasteiger partial charge in [-0.1, -0.05) is 12.1 Å². The van der Waals surface area contributed by atoms with E-state index in [0.717, 1.165) is 30.3 Å². The summed E-state index contributed by atoms with van der Waals surface area (Å²) < 4.78 is 26.1. The summed E-state index contributed by atoms with van der Waals surface area (Å²) in [4.78, 5) is 26.2. The molecule has 0 saturated carbocycles. The molecule has 0 bridgehead atoms. The van der Waals surface area contributed by atoms with Gasteiger partial charge in [-0.25, -0.2) is 8.78 Å². The molecule has 1 heterocycles. The lowest BCUT2D eigenvalue weighted by Gasteiger charge is -2.19. The summed E-state index contributed by atoms with van der Waals surface area (Å²) in [7, 11) is 0. The molecule has 0 radical (unpaired) electrons. The normalized spacial score (nSPS) is 14.0. The maximum atomic E-state index is 13.2. The standard InChI is InChI=1S/C18H16F2N2O2S/c19-13-8-7-12(10-14(13)20)25-11-17(23)21-15-4-1-2-5-16(15)22-9-3-6-18(22)24/h1-2,4-5,7-8,10H,3,6,9,11H2,(H,21,23). The van der Waals surface area contributed by atoms with Crippen molar-refractivity contribution in [2.45, 2.75) is 17.7 Å². The molecule has 25 heavy (non-hydrogen) atoms. The highest BCUT2D eigenvalue weighted by atomic mass is 32.2. The van der Waals surface area contributed by atoms with Crippen molar-refractivity contribution in [3.63, 3.8) is 0 Å². The molecule has 7 heteroatoms. The molecule has 1 saturated heterocycles. The number of thioether (sulfide) groups is 1. The van der Waals surface area contributed by atoms with Crippen LogP contribution in [0.1, 0.15) is 12.8 Å². The lowest BCUT2D eigenvalue weighted by molar-refractivity contribution is -0.117. The number of amides is 2. The van der Waals surface area contributed by atoms with Crippen LogP contribution in [0, 0.1) is 11.6 Å². The molecule has 1 aliphatic rings. The number of hydrogen-bond acceptors (Lipinski definition) is 3. The first-order valence-electron chi connectivity index (χ1n) is 7.81. The van der Waals surface area contributed by atoms with Gasteiger partial charge in [-0.05, 0) is 36.8 Å². The summed E-state index contributed by atoms with van der Waals surface area (Å²) in [6.07, 6.45) is 1.31. The number of carbonyl (C=O) groups excluding carboxylic acids is 2. The summed E-state index contributed by atoms with van der Waals surface area (Å²) in [5, 5.41) is 2.78. The number of nitrogens with zero attached hydrogens (tertiary/aromatic N) is 1. The third-order valence-corrected chi connectivity index (χ3v) is 4.80. The Morgan fingerprint density at radius 3 is 2.68 bits per heavy atom. The van der Waals surface area contributed by atoms with E-state index in [9.17, 15) is 18.4 Å². The molecule has 1 N–H and O–H groups in total. The van der Waals surface area contributed by atoms with Gasteiger partial charge in [0.25, 0.3) is 0 Å². The van der Waals surface area contributed by atoms with Crippen LogP contribution in [0.5, 0.6) is 0 Å². The number of para-hydroxylation sites is 2. The van der Waals surface area contributed by atoms with Gasteiger partial charge < -0.3 is 10.2 Å². The van der Waals surface area contributed by atoms with Crippen molar-refractivity contribution >= 4 is 35.0 Å². The quantitative estimate of drug-likeness (QED) is 0.823. The van der Waals surface area contributed by atoms with Gasteiger partial charge in [0.2, 0.25) is 11.8 Å². The fourth-order valence-electron chi connectivity index (χ4n) is 2.62. The zero-order chi connectivity index (χ0) is 17.8. The van der Waals surface area contributed by atoms with Gasteiger partial charge in [-0.15, -0.1) is 11.8 Å². The number of rotatable bonds is 5. The molecule has 0 aromatic heterocycles. The summed E-state index contributed by atoms with van der Waals surface area (Å²) in [5.41, 5.74) is 1.24. The Labute approximate surface area is 148 Å². The zero-order valence-corrected chi connectivity index (χ0v) is 14.1. The second-order valence-electron chi connectivity index (χ2n) is 5.58. The first-order chi connectivity index (χ1) is 12.0. The molecule has 0 atom stereocenters. The molecule has 4 nitrogen and oxygen atoms in total. The van der Waals surface area contributed by atoms with E-state index in [1.807, 2.05) is 6.07 Å². The summed E-state index contributed by atoms with van der Waals surface area (Å²) in [6.45, 7) is 0.634. The number of carbonyl (C=O) groups is 2. The summed E-state index contributed by atoms with van der Waals surface area (Å²) in [5.74, 6) is -2.05. The van der Waals surface area contributed by atoms with Crippen LogP contribution in [0.3, 0.4) is 0 Å². The maximum Gasteiger partial charge on any atom is 0.234 e. The number of halogens is 2. The van der Waals surface area contributed by atoms with E-state index >= 15 is 0 Å². The number of anilines is 2. The van der Waals surface area contributed by atoms with Crippen LogP contribution in [0.2, 0.25) is 0 Å². The predicted octanol–water partition coefficient (Wildman–Crippen LogP) is 3.82. The molecule has 130 valence electrons. The number of nitrogens with one attached hydrogen (secondary N) is 1. The minimum absolute atomic E-state index is 0.0397. The van der Waals surface area contributed by atoms with Crippen molar-refractivity contribution in [2.75, 3.05) is 22.5 Å². The smallest absolute Gasteiger partial charge is 0.234 e. The van der Waals surface area contributed by atoms with Crippen LogP contribution in [0.25, 0.3) is 0 Å². The van der Waals surface area contributed by atoms with Crippen LogP contribution in [-0.4, -0.2) is 24.1 Å². The predicted molar refractivity (Wildman–Crippen MR) is 93.7 cm³/mol. The molecular weight excluding hydrogens is 346 g/mol. The van der Waals surface area contributed by atoms with Crippen molar-refractivity contribution in [2.24, 2.45) is 0 Å². The second-order valence-corrected chi connectivity index (χ2v) is 6.63. The van der Waals surface area contributed by atoms with Crippen LogP contribution in [-0.2, 0) is 9.59 Å². The van der Waals surface area contributed by atoms with Gasteiger partial charge in [0.1, 0.15) is 0 Å². The molecule has 2 aromatic carbocycles. The summed E-state index contributed by atoms with van der Waals surface area (Å²) in [6, 6.07) is 10.6. The Balaban J connectivity index is 1.65. The molecule has 2 amide bonds. The molecule has 0 unspecified atom stereocenters. The monoisotopic (exact) mass is 362 g/mol. The van der Waals surface area contributed by atoms with E-state index in [4.69, 9.17) is 0 Å². The maximum absolute atomic E-state index is 13.2. The lowest BCUT2D eigenvalue weighted by atomic mass is 10.2. The van der Waals surface area contributed by atoms with E-state index in [1.54, 1.807) is 23.1 Å². The Hall–Kier alpha value is -2.41. The van der Waals surface area contributed by atoms with Gasteiger partial charge >= 0.3 is 0 Å². The molecule has 1 aliphatic heterocycles. The molecule has 3 rings (SSSR count). The third-order valence-electron chi connectivity index (χ3n) is 3.80. The van der Waals surface area contributed by atoms with Gasteiger partial charge in [-0.3, -0.25) is 9.59 Å². The van der Waals surface area contributed by atoms with Gasteiger partial charge in [-0.2, -0.15) is 0 Å². The first kappa shape index (κ1) is 17.4. The highest BCUT2D eigenvalue weighted by molar-refractivity contribution is 8.00. The van der Waals surface area contributed by atoms with E-state index in [-0.39, 0.29) is 17.6 Å². The Morgan fingerprint density at radius 1 is 1.16 bits per heavy atom. The van der Waals surface area contributed by atoms with E-state index in [0.29, 0.717) is 29.2 Å². The molecule has 0 spiro atoms. The van der Waals surface area contributed by atoms with Crippen molar-refractivity contribution < 1.29 is 18.4 Å². The number of benzene rings is 2. The van der Waals surface area contributed by atoms with E-state index in [2.05, 4.69) is 5.32 Å². The van der Waals surface area contributed by atoms with Crippen LogP contribution in [0.4, 0.5) is 20.2 Å². The third kappa shape index (κ3) is 4.17. The lowest BCUT2D eigenvalue weighted by Crippen LogP contribution is -2.25. The van der Waals surface area contributed by atoms with Crippen molar-refractivity contribution in [1.29, 1.82) is 0 Å². The molecule has 1 fully saturated rings. The zero-order valence-electron chi connectivity index (χ0n) is 13.3. The Kier molecular flexibility index (Phi) is 5.33. The van der Waals surface area contributed by atoms with Crippen molar-refractivity contribution in [3.05, 3.63) is 54.1 Å². The fraction of sp³-hybridized carbons (Fsp3) is 0.222. The van der Waals surface area contributed by atoms with Crippen LogP contribution < -0.4 is 10.2 Å². The van der Waals surface area contributed by atoms with Crippen LogP contribution >= 0.6 is 11.8 Å². The van der Waals surface area contributed by atoms with Crippen molar-refractivity contribution in [3.8, 4) is 0 Å². The first-order valence-corrected chi connectivity index (χ1v) is 8.80. The Bertz CT molecular complexity index is 813. The fourth-order valence-corrected chi connectivity index (χ4v) is 3.34.